The third-order valence-corrected chi connectivity index (χ3v) is 5.07. The van der Waals surface area contributed by atoms with E-state index in [4.69, 9.17) is 12.2 Å². The second-order valence-electron chi connectivity index (χ2n) is 7.95. The Morgan fingerprint density at radius 2 is 1.59 bits per heavy atom. The molecule has 0 aliphatic carbocycles. The van der Waals surface area contributed by atoms with Crippen molar-refractivity contribution < 1.29 is 5.11 Å². The van der Waals surface area contributed by atoms with Crippen LogP contribution in [0.25, 0.3) is 0 Å². The summed E-state index contributed by atoms with van der Waals surface area (Å²) in [7, 11) is 0. The van der Waals surface area contributed by atoms with Crippen molar-refractivity contribution in [3.8, 4) is 5.75 Å². The smallest absolute Gasteiger partial charge is 0.160 e. The highest BCUT2D eigenvalue weighted by Gasteiger charge is 2.27. The second-order valence-corrected chi connectivity index (χ2v) is 9.56. The molecule has 2 nitrogen and oxygen atoms in total. The summed E-state index contributed by atoms with van der Waals surface area (Å²) < 4.78 is 0.737. The van der Waals surface area contributed by atoms with E-state index in [1.54, 1.807) is 11.8 Å². The molecular formula is C18H25NOS2. The van der Waals surface area contributed by atoms with Crippen molar-refractivity contribution in [2.24, 2.45) is 4.99 Å². The van der Waals surface area contributed by atoms with Crippen molar-refractivity contribution in [2.45, 2.75) is 58.8 Å². The highest BCUT2D eigenvalue weighted by Crippen LogP contribution is 2.40. The standard InChI is InChI=1S/C18H25NOS2/c1-17(2,3)13-8-11(7-12-10-22-16(21)19-12)9-14(15(13)20)18(4,5)6/h8-9,20H,7,10H2,1-6H3. The number of thioether (sulfide) groups is 1. The number of phenols is 1. The van der Waals surface area contributed by atoms with Gasteiger partial charge in [-0.25, -0.2) is 4.99 Å². The summed E-state index contributed by atoms with van der Waals surface area (Å²) in [6, 6.07) is 4.25. The van der Waals surface area contributed by atoms with Gasteiger partial charge in [0.1, 0.15) is 5.75 Å². The Hall–Kier alpha value is -0.870. The molecule has 0 radical (unpaired) electrons. The van der Waals surface area contributed by atoms with E-state index in [2.05, 4.69) is 58.7 Å². The van der Waals surface area contributed by atoms with E-state index in [9.17, 15) is 5.11 Å². The molecule has 0 amide bonds. The molecular weight excluding hydrogens is 310 g/mol. The Morgan fingerprint density at radius 1 is 1.09 bits per heavy atom. The van der Waals surface area contributed by atoms with Gasteiger partial charge in [-0.05, 0) is 27.5 Å². The lowest BCUT2D eigenvalue weighted by molar-refractivity contribution is 0.423. The maximum absolute atomic E-state index is 10.7. The zero-order valence-electron chi connectivity index (χ0n) is 14.3. The molecule has 22 heavy (non-hydrogen) atoms. The average molecular weight is 336 g/mol. The fourth-order valence-corrected chi connectivity index (χ4v) is 3.56. The molecule has 0 saturated heterocycles. The van der Waals surface area contributed by atoms with Gasteiger partial charge in [0.25, 0.3) is 0 Å². The number of benzene rings is 1. The van der Waals surface area contributed by atoms with Gasteiger partial charge in [-0.3, -0.25) is 0 Å². The van der Waals surface area contributed by atoms with Crippen molar-refractivity contribution in [3.63, 3.8) is 0 Å². The SMILES string of the molecule is CC(C)(C)c1cc(CC2=NC(=S)SC2)cc(C(C)(C)C)c1O. The highest BCUT2D eigenvalue weighted by molar-refractivity contribution is 8.23. The van der Waals surface area contributed by atoms with Gasteiger partial charge in [0.2, 0.25) is 0 Å². The van der Waals surface area contributed by atoms with Gasteiger partial charge in [-0.1, -0.05) is 77.7 Å². The van der Waals surface area contributed by atoms with E-state index in [0.29, 0.717) is 5.75 Å². The van der Waals surface area contributed by atoms with Gasteiger partial charge in [-0.15, -0.1) is 0 Å². The minimum atomic E-state index is -0.0956. The quantitative estimate of drug-likeness (QED) is 0.772. The lowest BCUT2D eigenvalue weighted by atomic mass is 9.78. The summed E-state index contributed by atoms with van der Waals surface area (Å²) >= 11 is 6.76. The van der Waals surface area contributed by atoms with Gasteiger partial charge < -0.3 is 5.11 Å². The molecule has 0 bridgehead atoms. The molecule has 1 aliphatic heterocycles. The summed E-state index contributed by atoms with van der Waals surface area (Å²) in [4.78, 5) is 4.44. The van der Waals surface area contributed by atoms with Crippen molar-refractivity contribution in [3.05, 3.63) is 28.8 Å². The Balaban J connectivity index is 2.51. The van der Waals surface area contributed by atoms with E-state index in [-0.39, 0.29) is 10.8 Å². The topological polar surface area (TPSA) is 32.6 Å². The predicted molar refractivity (Wildman–Crippen MR) is 102 cm³/mol. The lowest BCUT2D eigenvalue weighted by Gasteiger charge is -2.28. The minimum absolute atomic E-state index is 0.0956. The third kappa shape index (κ3) is 3.90. The fourth-order valence-electron chi connectivity index (χ4n) is 2.60. The van der Waals surface area contributed by atoms with Crippen LogP contribution in [-0.4, -0.2) is 20.9 Å². The Labute approximate surface area is 143 Å². The lowest BCUT2D eigenvalue weighted by Crippen LogP contribution is -2.18. The number of phenolic OH excluding ortho intramolecular Hbond substituents is 1. The van der Waals surface area contributed by atoms with Crippen molar-refractivity contribution in [1.82, 2.24) is 0 Å². The average Bonchev–Trinajstić information content (AvgIpc) is 2.74. The predicted octanol–water partition coefficient (Wildman–Crippen LogP) is 5.00. The first-order valence-corrected chi connectivity index (χ1v) is 8.98. The molecule has 2 rings (SSSR count). The monoisotopic (exact) mass is 335 g/mol. The number of hydrogen-bond donors (Lipinski definition) is 1. The van der Waals surface area contributed by atoms with Crippen LogP contribution in [0.4, 0.5) is 0 Å². The molecule has 0 spiro atoms. The fraction of sp³-hybridized carbons (Fsp3) is 0.556. The molecule has 0 aromatic heterocycles. The largest absolute Gasteiger partial charge is 0.507 e. The minimum Gasteiger partial charge on any atom is -0.507 e. The molecule has 1 heterocycles. The van der Waals surface area contributed by atoms with Crippen LogP contribution in [0.2, 0.25) is 0 Å². The van der Waals surface area contributed by atoms with Crippen LogP contribution in [0.1, 0.15) is 58.2 Å². The molecule has 1 N–H and O–H groups in total. The molecule has 1 aliphatic rings. The Kier molecular flexibility index (Phi) is 4.74. The maximum Gasteiger partial charge on any atom is 0.160 e. The van der Waals surface area contributed by atoms with Gasteiger partial charge in [0.05, 0.1) is 0 Å². The van der Waals surface area contributed by atoms with Crippen LogP contribution >= 0.6 is 24.0 Å². The summed E-state index contributed by atoms with van der Waals surface area (Å²) in [5.41, 5.74) is 4.15. The van der Waals surface area contributed by atoms with Crippen molar-refractivity contribution >= 4 is 34.0 Å². The normalized spacial score (nSPS) is 16.1. The maximum atomic E-state index is 10.7. The zero-order valence-corrected chi connectivity index (χ0v) is 15.9. The molecule has 1 aromatic rings. The Bertz CT molecular complexity index is 598. The number of thiocarbonyl (C=S) groups is 1. The summed E-state index contributed by atoms with van der Waals surface area (Å²) in [5, 5.41) is 10.7. The molecule has 0 saturated carbocycles. The first-order valence-electron chi connectivity index (χ1n) is 7.58. The van der Waals surface area contributed by atoms with E-state index in [0.717, 1.165) is 33.3 Å². The van der Waals surface area contributed by atoms with Gasteiger partial charge in [-0.2, -0.15) is 0 Å². The number of aliphatic imine (C=N–C) groups is 1. The van der Waals surface area contributed by atoms with Gasteiger partial charge in [0, 0.05) is 17.9 Å². The summed E-state index contributed by atoms with van der Waals surface area (Å²) in [6.45, 7) is 12.8. The molecule has 0 unspecified atom stereocenters. The number of rotatable bonds is 2. The highest BCUT2D eigenvalue weighted by atomic mass is 32.2. The zero-order chi connectivity index (χ0) is 16.7. The molecule has 120 valence electrons. The molecule has 0 fully saturated rings. The molecule has 0 atom stereocenters. The van der Waals surface area contributed by atoms with E-state index < -0.39 is 0 Å². The van der Waals surface area contributed by atoms with Crippen LogP contribution in [0.15, 0.2) is 17.1 Å². The number of aromatic hydroxyl groups is 1. The molecule has 4 heteroatoms. The van der Waals surface area contributed by atoms with Crippen LogP contribution in [0.5, 0.6) is 5.75 Å². The number of nitrogens with zero attached hydrogens (tertiary/aromatic N) is 1. The van der Waals surface area contributed by atoms with Crippen LogP contribution in [0.3, 0.4) is 0 Å². The van der Waals surface area contributed by atoms with E-state index >= 15 is 0 Å². The van der Waals surface area contributed by atoms with Crippen molar-refractivity contribution in [1.29, 1.82) is 0 Å². The van der Waals surface area contributed by atoms with E-state index in [1.165, 1.54) is 5.56 Å². The summed E-state index contributed by atoms with van der Waals surface area (Å²) in [6.07, 6.45) is 0.805. The first-order chi connectivity index (χ1) is 9.98. The first kappa shape index (κ1) is 17.5. The van der Waals surface area contributed by atoms with Crippen LogP contribution < -0.4 is 0 Å². The van der Waals surface area contributed by atoms with Gasteiger partial charge >= 0.3 is 0 Å². The van der Waals surface area contributed by atoms with E-state index in [1.807, 2.05) is 0 Å². The number of hydrogen-bond acceptors (Lipinski definition) is 3. The molecule has 1 aromatic carbocycles. The van der Waals surface area contributed by atoms with Crippen LogP contribution in [0, 0.1) is 0 Å². The third-order valence-electron chi connectivity index (χ3n) is 3.81. The van der Waals surface area contributed by atoms with Crippen LogP contribution in [-0.2, 0) is 17.3 Å². The Morgan fingerprint density at radius 3 is 1.95 bits per heavy atom. The summed E-state index contributed by atoms with van der Waals surface area (Å²) in [5.74, 6) is 1.32. The second kappa shape index (κ2) is 5.97. The van der Waals surface area contributed by atoms with Gasteiger partial charge in [0.15, 0.2) is 4.32 Å². The van der Waals surface area contributed by atoms with Crippen molar-refractivity contribution in [2.75, 3.05) is 5.75 Å².